The Morgan fingerprint density at radius 3 is 2.64 bits per heavy atom. The van der Waals surface area contributed by atoms with Crippen LogP contribution >= 0.6 is 0 Å². The van der Waals surface area contributed by atoms with E-state index in [1.54, 1.807) is 0 Å². The van der Waals surface area contributed by atoms with Crippen LogP contribution in [-0.4, -0.2) is 34.3 Å². The highest BCUT2D eigenvalue weighted by molar-refractivity contribution is 5.51. The van der Waals surface area contributed by atoms with Gasteiger partial charge < -0.3 is 15.3 Å². The molecule has 150 valence electrons. The molecule has 0 radical (unpaired) electrons. The molecule has 2 aliphatic rings. The third-order valence-corrected chi connectivity index (χ3v) is 6.06. The molecule has 5 heteroatoms. The molecule has 1 aliphatic heterocycles. The zero-order valence-corrected chi connectivity index (χ0v) is 17.4. The number of hydrogen-bond acceptors (Lipinski definition) is 5. The van der Waals surface area contributed by atoms with Crippen LogP contribution in [0.4, 0.5) is 11.8 Å². The lowest BCUT2D eigenvalue weighted by molar-refractivity contribution is 0.248. The van der Waals surface area contributed by atoms with E-state index in [0.717, 1.165) is 24.6 Å². The SMILES string of the molecule is CC(C)[C@@H](CO)Nc1nc(C2CC2)cc(N2Cc3ccccc3C(C)(C)C2)n1. The summed E-state index contributed by atoms with van der Waals surface area (Å²) in [6.07, 6.45) is 2.41. The Kier molecular flexibility index (Phi) is 5.04. The largest absolute Gasteiger partial charge is 0.394 e. The van der Waals surface area contributed by atoms with E-state index in [1.165, 1.54) is 24.0 Å². The van der Waals surface area contributed by atoms with Gasteiger partial charge in [-0.1, -0.05) is 52.0 Å². The zero-order chi connectivity index (χ0) is 19.9. The van der Waals surface area contributed by atoms with Gasteiger partial charge in [-0.25, -0.2) is 4.98 Å². The fourth-order valence-electron chi connectivity index (χ4n) is 4.16. The number of nitrogens with zero attached hydrogens (tertiary/aromatic N) is 3. The molecule has 1 saturated carbocycles. The number of benzene rings is 1. The van der Waals surface area contributed by atoms with Crippen molar-refractivity contribution in [3.63, 3.8) is 0 Å². The van der Waals surface area contributed by atoms with Crippen molar-refractivity contribution in [2.45, 2.75) is 64.5 Å². The third-order valence-electron chi connectivity index (χ3n) is 6.06. The molecule has 1 aliphatic carbocycles. The van der Waals surface area contributed by atoms with Gasteiger partial charge in [-0.15, -0.1) is 0 Å². The summed E-state index contributed by atoms with van der Waals surface area (Å²) in [5, 5.41) is 13.1. The minimum absolute atomic E-state index is 0.0409. The summed E-state index contributed by atoms with van der Waals surface area (Å²) in [4.78, 5) is 12.0. The van der Waals surface area contributed by atoms with Crippen molar-refractivity contribution in [3.8, 4) is 0 Å². The highest BCUT2D eigenvalue weighted by atomic mass is 16.3. The summed E-state index contributed by atoms with van der Waals surface area (Å²) >= 11 is 0. The molecule has 1 atom stereocenters. The Bertz CT molecular complexity index is 844. The summed E-state index contributed by atoms with van der Waals surface area (Å²) in [5.74, 6) is 2.49. The lowest BCUT2D eigenvalue weighted by Crippen LogP contribution is -2.42. The smallest absolute Gasteiger partial charge is 0.225 e. The first kappa shape index (κ1) is 19.2. The number of fused-ring (bicyclic) bond motifs is 1. The lowest BCUT2D eigenvalue weighted by Gasteiger charge is -2.40. The van der Waals surface area contributed by atoms with E-state index >= 15 is 0 Å². The molecule has 2 heterocycles. The van der Waals surface area contributed by atoms with Gasteiger partial charge in [0.25, 0.3) is 0 Å². The molecular weight excluding hydrogens is 348 g/mol. The maximum atomic E-state index is 9.72. The second-order valence-corrected chi connectivity index (χ2v) is 9.32. The van der Waals surface area contributed by atoms with Gasteiger partial charge in [0.2, 0.25) is 5.95 Å². The van der Waals surface area contributed by atoms with Crippen LogP contribution in [0.25, 0.3) is 0 Å². The second kappa shape index (κ2) is 7.36. The van der Waals surface area contributed by atoms with Gasteiger partial charge in [0.15, 0.2) is 0 Å². The van der Waals surface area contributed by atoms with Crippen molar-refractivity contribution in [3.05, 3.63) is 47.2 Å². The molecule has 0 unspecified atom stereocenters. The standard InChI is InChI=1S/C23H32N4O/c1-15(2)20(13-28)25-22-24-19(16-9-10-16)11-21(26-22)27-12-17-7-5-6-8-18(17)23(3,4)14-27/h5-8,11,15-16,20,28H,9-10,12-14H2,1-4H3,(H,24,25,26)/t20-/m1/s1. The number of aliphatic hydroxyl groups excluding tert-OH is 1. The van der Waals surface area contributed by atoms with Gasteiger partial charge in [-0.2, -0.15) is 4.98 Å². The maximum absolute atomic E-state index is 9.72. The third kappa shape index (κ3) is 3.86. The fraction of sp³-hybridized carbons (Fsp3) is 0.565. The molecule has 1 aromatic carbocycles. The van der Waals surface area contributed by atoms with Crippen molar-refractivity contribution in [2.24, 2.45) is 5.92 Å². The topological polar surface area (TPSA) is 61.3 Å². The predicted octanol–water partition coefficient (Wildman–Crippen LogP) is 4.08. The monoisotopic (exact) mass is 380 g/mol. The van der Waals surface area contributed by atoms with E-state index in [9.17, 15) is 5.11 Å². The molecule has 1 aromatic heterocycles. The van der Waals surface area contributed by atoms with E-state index in [2.05, 4.69) is 68.2 Å². The lowest BCUT2D eigenvalue weighted by atomic mass is 9.78. The molecule has 1 fully saturated rings. The molecule has 0 bridgehead atoms. The average molecular weight is 381 g/mol. The van der Waals surface area contributed by atoms with E-state index in [0.29, 0.717) is 17.8 Å². The van der Waals surface area contributed by atoms with Gasteiger partial charge >= 0.3 is 0 Å². The molecular formula is C23H32N4O. The molecule has 0 spiro atoms. The van der Waals surface area contributed by atoms with E-state index in [-0.39, 0.29) is 18.1 Å². The van der Waals surface area contributed by atoms with Gasteiger partial charge in [0.05, 0.1) is 18.3 Å². The van der Waals surface area contributed by atoms with Crippen LogP contribution < -0.4 is 10.2 Å². The van der Waals surface area contributed by atoms with E-state index in [4.69, 9.17) is 9.97 Å². The normalized spacial score (nSPS) is 19.4. The van der Waals surface area contributed by atoms with Gasteiger partial charge in [0.1, 0.15) is 5.82 Å². The molecule has 5 nitrogen and oxygen atoms in total. The van der Waals surface area contributed by atoms with Crippen LogP contribution in [0.1, 0.15) is 63.3 Å². The fourth-order valence-corrected chi connectivity index (χ4v) is 4.16. The minimum Gasteiger partial charge on any atom is -0.394 e. The molecule has 4 rings (SSSR count). The molecule has 2 aromatic rings. The first-order valence-corrected chi connectivity index (χ1v) is 10.5. The van der Waals surface area contributed by atoms with Gasteiger partial charge in [-0.05, 0) is 29.9 Å². The second-order valence-electron chi connectivity index (χ2n) is 9.32. The Balaban J connectivity index is 1.67. The van der Waals surface area contributed by atoms with Crippen LogP contribution in [0, 0.1) is 5.92 Å². The summed E-state index contributed by atoms with van der Waals surface area (Å²) in [5.41, 5.74) is 4.00. The molecule has 0 amide bonds. The summed E-state index contributed by atoms with van der Waals surface area (Å²) in [6.45, 7) is 10.7. The van der Waals surface area contributed by atoms with Crippen LogP contribution in [0.5, 0.6) is 0 Å². The van der Waals surface area contributed by atoms with E-state index < -0.39 is 0 Å². The van der Waals surface area contributed by atoms with Crippen LogP contribution in [0.2, 0.25) is 0 Å². The first-order valence-electron chi connectivity index (χ1n) is 10.5. The molecule has 28 heavy (non-hydrogen) atoms. The van der Waals surface area contributed by atoms with Crippen LogP contribution in [-0.2, 0) is 12.0 Å². The zero-order valence-electron chi connectivity index (χ0n) is 17.4. The maximum Gasteiger partial charge on any atom is 0.225 e. The first-order chi connectivity index (χ1) is 13.4. The van der Waals surface area contributed by atoms with Crippen molar-refractivity contribution in [1.82, 2.24) is 9.97 Å². The summed E-state index contributed by atoms with van der Waals surface area (Å²) in [6, 6.07) is 10.9. The van der Waals surface area contributed by atoms with Gasteiger partial charge in [0, 0.05) is 30.5 Å². The number of aromatic nitrogens is 2. The Morgan fingerprint density at radius 2 is 1.96 bits per heavy atom. The predicted molar refractivity (Wildman–Crippen MR) is 114 cm³/mol. The molecule has 0 saturated heterocycles. The van der Waals surface area contributed by atoms with Crippen molar-refractivity contribution in [2.75, 3.05) is 23.4 Å². The summed E-state index contributed by atoms with van der Waals surface area (Å²) < 4.78 is 0. The Hall–Kier alpha value is -2.14. The number of rotatable bonds is 6. The minimum atomic E-state index is -0.0409. The Morgan fingerprint density at radius 1 is 1.21 bits per heavy atom. The number of aliphatic hydroxyl groups is 1. The van der Waals surface area contributed by atoms with Crippen molar-refractivity contribution < 1.29 is 5.11 Å². The number of anilines is 2. The average Bonchev–Trinajstić information content (AvgIpc) is 3.50. The Labute approximate surface area is 168 Å². The number of nitrogens with one attached hydrogen (secondary N) is 1. The van der Waals surface area contributed by atoms with Crippen molar-refractivity contribution >= 4 is 11.8 Å². The number of hydrogen-bond donors (Lipinski definition) is 2. The van der Waals surface area contributed by atoms with Crippen LogP contribution in [0.3, 0.4) is 0 Å². The molecule has 2 N–H and O–H groups in total. The van der Waals surface area contributed by atoms with Gasteiger partial charge in [-0.3, -0.25) is 0 Å². The highest BCUT2D eigenvalue weighted by Gasteiger charge is 2.33. The summed E-state index contributed by atoms with van der Waals surface area (Å²) in [7, 11) is 0. The van der Waals surface area contributed by atoms with E-state index in [1.807, 2.05) is 0 Å². The van der Waals surface area contributed by atoms with Crippen LogP contribution in [0.15, 0.2) is 30.3 Å². The highest BCUT2D eigenvalue weighted by Crippen LogP contribution is 2.41. The quantitative estimate of drug-likeness (QED) is 0.791. The van der Waals surface area contributed by atoms with Crippen molar-refractivity contribution in [1.29, 1.82) is 0 Å².